The molecule has 0 radical (unpaired) electrons. The van der Waals surface area contributed by atoms with Gasteiger partial charge in [-0.15, -0.1) is 0 Å². The van der Waals surface area contributed by atoms with Crippen LogP contribution in [0.3, 0.4) is 0 Å². The van der Waals surface area contributed by atoms with Gasteiger partial charge in [0.1, 0.15) is 11.6 Å². The first-order valence-corrected chi connectivity index (χ1v) is 15.2. The Morgan fingerprint density at radius 1 is 0.821 bits per heavy atom. The molecule has 1 heterocycles. The van der Waals surface area contributed by atoms with Gasteiger partial charge in [-0.3, -0.25) is 10.1 Å². The van der Waals surface area contributed by atoms with Crippen molar-refractivity contribution in [2.24, 2.45) is 0 Å². The van der Waals surface area contributed by atoms with Crippen LogP contribution in [0.4, 0.5) is 5.69 Å². The van der Waals surface area contributed by atoms with Crippen LogP contribution in [0.5, 0.6) is 0 Å². The van der Waals surface area contributed by atoms with Gasteiger partial charge in [-0.05, 0) is 34.9 Å². The largest absolute Gasteiger partial charge is 0.270 e. The molecule has 0 saturated heterocycles. The maximum Gasteiger partial charge on any atom is 0.270 e. The Hall–Kier alpha value is -4.50. The zero-order valence-corrected chi connectivity index (χ0v) is 22.7. The van der Waals surface area contributed by atoms with E-state index in [4.69, 9.17) is 4.98 Å². The number of nitro benzene ring substituents is 1. The number of benzene rings is 4. The summed E-state index contributed by atoms with van der Waals surface area (Å²) < 4.78 is 0. The molecule has 39 heavy (non-hydrogen) atoms. The first-order valence-electron chi connectivity index (χ1n) is 12.1. The van der Waals surface area contributed by atoms with Crippen molar-refractivity contribution >= 4 is 46.0 Å². The molecule has 0 aliphatic heterocycles. The smallest absolute Gasteiger partial charge is 0.258 e. The third-order valence-corrected chi connectivity index (χ3v) is 10.9. The molecule has 0 aliphatic carbocycles. The van der Waals surface area contributed by atoms with Crippen LogP contribution in [0.25, 0.3) is 11.3 Å². The van der Waals surface area contributed by atoms with Gasteiger partial charge in [0.15, 0.2) is 5.16 Å². The van der Waals surface area contributed by atoms with Gasteiger partial charge >= 0.3 is 0 Å². The standard InChI is InChI=1S/C31H23N4O2PS/c1-39-31-33-29(28(21-32)30(34-31)23-12-11-13-24(20-23)35(36)37)22-38(25-14-5-2-6-15-25,26-16-7-3-8-17-26)27-18-9-4-10-19-27/h2-20,22H,1H3. The minimum atomic E-state index is -2.47. The van der Waals surface area contributed by atoms with Gasteiger partial charge < -0.3 is 0 Å². The fourth-order valence-corrected chi connectivity index (χ4v) is 8.77. The van der Waals surface area contributed by atoms with E-state index in [0.717, 1.165) is 15.9 Å². The molecule has 0 spiro atoms. The van der Waals surface area contributed by atoms with Crippen molar-refractivity contribution in [1.82, 2.24) is 9.97 Å². The second kappa shape index (κ2) is 11.5. The molecule has 190 valence electrons. The molecule has 0 aliphatic rings. The van der Waals surface area contributed by atoms with Crippen molar-refractivity contribution in [1.29, 1.82) is 5.26 Å². The van der Waals surface area contributed by atoms with E-state index in [1.807, 2.05) is 60.9 Å². The van der Waals surface area contributed by atoms with E-state index in [2.05, 4.69) is 53.2 Å². The minimum absolute atomic E-state index is 0.0639. The van der Waals surface area contributed by atoms with Gasteiger partial charge in [0.2, 0.25) is 0 Å². The summed E-state index contributed by atoms with van der Waals surface area (Å²) in [7, 11) is 0. The van der Waals surface area contributed by atoms with Gasteiger partial charge in [0.05, 0.1) is 16.3 Å². The summed E-state index contributed by atoms with van der Waals surface area (Å²) in [6.07, 6.45) is 1.87. The molecule has 5 rings (SSSR count). The van der Waals surface area contributed by atoms with Crippen molar-refractivity contribution in [3.63, 3.8) is 0 Å². The number of nitro groups is 1. The van der Waals surface area contributed by atoms with Crippen molar-refractivity contribution in [2.45, 2.75) is 5.16 Å². The number of nitriles is 1. The summed E-state index contributed by atoms with van der Waals surface area (Å²) in [6.45, 7) is -2.47. The maximum atomic E-state index is 11.5. The zero-order valence-electron chi connectivity index (χ0n) is 21.0. The van der Waals surface area contributed by atoms with E-state index >= 15 is 0 Å². The first-order chi connectivity index (χ1) is 19.1. The van der Waals surface area contributed by atoms with E-state index in [0.29, 0.717) is 22.1 Å². The highest BCUT2D eigenvalue weighted by Gasteiger charge is 2.27. The number of rotatable bonds is 7. The molecule has 5 aromatic rings. The Morgan fingerprint density at radius 2 is 1.36 bits per heavy atom. The normalized spacial score (nSPS) is 11.0. The number of non-ortho nitro benzene ring substituents is 1. The van der Waals surface area contributed by atoms with Gasteiger partial charge in [-0.1, -0.05) is 115 Å². The van der Waals surface area contributed by atoms with Crippen LogP contribution in [0.15, 0.2) is 120 Å². The zero-order chi connectivity index (χ0) is 27.2. The Bertz CT molecular complexity index is 1630. The van der Waals surface area contributed by atoms with Gasteiger partial charge in [-0.2, -0.15) is 5.26 Å². The second-order valence-electron chi connectivity index (χ2n) is 8.60. The van der Waals surface area contributed by atoms with E-state index in [1.54, 1.807) is 12.1 Å². The topological polar surface area (TPSA) is 92.7 Å². The highest BCUT2D eigenvalue weighted by atomic mass is 32.2. The third-order valence-electron chi connectivity index (χ3n) is 6.35. The third kappa shape index (κ3) is 5.13. The molecule has 4 aromatic carbocycles. The SMILES string of the molecule is CSc1nc(C=P(c2ccccc2)(c2ccccc2)c2ccccc2)c(C#N)c(-c2cccc([N+](=O)[O-])c2)n1. The first kappa shape index (κ1) is 26.1. The molecular formula is C31H23N4O2PS. The van der Waals surface area contributed by atoms with Crippen molar-refractivity contribution in [3.8, 4) is 17.3 Å². The summed E-state index contributed by atoms with van der Waals surface area (Å²) in [5, 5.41) is 25.8. The van der Waals surface area contributed by atoms with Crippen LogP contribution in [-0.2, 0) is 0 Å². The maximum absolute atomic E-state index is 11.5. The van der Waals surface area contributed by atoms with Gasteiger partial charge in [0, 0.05) is 17.7 Å². The lowest BCUT2D eigenvalue weighted by molar-refractivity contribution is -0.384. The van der Waals surface area contributed by atoms with Crippen molar-refractivity contribution in [2.75, 3.05) is 6.26 Å². The van der Waals surface area contributed by atoms with Gasteiger partial charge in [0.25, 0.3) is 5.69 Å². The van der Waals surface area contributed by atoms with Crippen molar-refractivity contribution in [3.05, 3.63) is 137 Å². The Kier molecular flexibility index (Phi) is 7.69. The molecule has 6 nitrogen and oxygen atoms in total. The van der Waals surface area contributed by atoms with Crippen molar-refractivity contribution < 1.29 is 4.92 Å². The quantitative estimate of drug-likeness (QED) is 0.0844. The van der Waals surface area contributed by atoms with Crippen LogP contribution >= 0.6 is 18.6 Å². The molecule has 0 fully saturated rings. The number of hydrogen-bond donors (Lipinski definition) is 0. The van der Waals surface area contributed by atoms with Crippen LogP contribution < -0.4 is 15.9 Å². The summed E-state index contributed by atoms with van der Waals surface area (Å²) in [5.41, 5.74) is 1.59. The monoisotopic (exact) mass is 546 g/mol. The molecule has 0 saturated carbocycles. The number of thioether (sulfide) groups is 1. The number of hydrogen-bond acceptors (Lipinski definition) is 6. The Labute approximate surface area is 231 Å². The number of aromatic nitrogens is 2. The van der Waals surface area contributed by atoms with Gasteiger partial charge in [-0.25, -0.2) is 9.97 Å². The minimum Gasteiger partial charge on any atom is -0.258 e. The average molecular weight is 547 g/mol. The van der Waals surface area contributed by atoms with Crippen LogP contribution in [0, 0.1) is 21.4 Å². The van der Waals surface area contributed by atoms with E-state index in [-0.39, 0.29) is 11.3 Å². The fraction of sp³-hybridized carbons (Fsp3) is 0.0323. The predicted molar refractivity (Wildman–Crippen MR) is 161 cm³/mol. The Morgan fingerprint density at radius 3 is 1.82 bits per heavy atom. The second-order valence-corrected chi connectivity index (χ2v) is 12.6. The van der Waals surface area contributed by atoms with Crippen LogP contribution in [0.2, 0.25) is 0 Å². The summed E-state index contributed by atoms with van der Waals surface area (Å²) in [4.78, 5) is 20.5. The van der Waals surface area contributed by atoms with E-state index in [1.165, 1.54) is 23.9 Å². The molecule has 0 bridgehead atoms. The van der Waals surface area contributed by atoms with Crippen LogP contribution in [0.1, 0.15) is 11.3 Å². The molecular weight excluding hydrogens is 523 g/mol. The molecule has 0 N–H and O–H groups in total. The van der Waals surface area contributed by atoms with Crippen LogP contribution in [-0.4, -0.2) is 26.9 Å². The molecule has 8 heteroatoms. The molecule has 0 amide bonds. The summed E-state index contributed by atoms with van der Waals surface area (Å²) >= 11 is 1.36. The molecule has 0 unspecified atom stereocenters. The lowest BCUT2D eigenvalue weighted by Crippen LogP contribution is -2.27. The highest BCUT2D eigenvalue weighted by molar-refractivity contribution is 7.98. The lowest BCUT2D eigenvalue weighted by atomic mass is 10.1. The lowest BCUT2D eigenvalue weighted by Gasteiger charge is -2.29. The predicted octanol–water partition coefficient (Wildman–Crippen LogP) is 5.79. The highest BCUT2D eigenvalue weighted by Crippen LogP contribution is 2.45. The molecule has 1 aromatic heterocycles. The molecule has 0 atom stereocenters. The summed E-state index contributed by atoms with van der Waals surface area (Å²) in [6, 6.07) is 39.4. The fourth-order valence-electron chi connectivity index (χ4n) is 4.57. The van der Waals surface area contributed by atoms with E-state index in [9.17, 15) is 15.4 Å². The summed E-state index contributed by atoms with van der Waals surface area (Å²) in [5.74, 6) is 2.13. The Balaban J connectivity index is 1.92. The average Bonchev–Trinajstić information content (AvgIpc) is 3.00. The number of nitrogens with zero attached hydrogens (tertiary/aromatic N) is 4. The van der Waals surface area contributed by atoms with E-state index < -0.39 is 11.8 Å².